The summed E-state index contributed by atoms with van der Waals surface area (Å²) in [6, 6.07) is 21.5. The molecule has 0 aromatic heterocycles. The van der Waals surface area contributed by atoms with Gasteiger partial charge in [0, 0.05) is 0 Å². The second kappa shape index (κ2) is 8.17. The molecule has 5 heteroatoms. The van der Waals surface area contributed by atoms with Crippen LogP contribution in [-0.4, -0.2) is 34.3 Å². The van der Waals surface area contributed by atoms with E-state index < -0.39 is 27.5 Å². The average molecular weight is 482 g/mol. The fourth-order valence-electron chi connectivity index (χ4n) is 2.86. The van der Waals surface area contributed by atoms with E-state index in [1.807, 2.05) is 0 Å². The molecule has 25 heavy (non-hydrogen) atoms. The second-order valence-corrected chi connectivity index (χ2v) is 14.9. The zero-order valence-corrected chi connectivity index (χ0v) is 20.5. The van der Waals surface area contributed by atoms with Crippen LogP contribution in [0, 0.1) is 0 Å². The van der Waals surface area contributed by atoms with Gasteiger partial charge < -0.3 is 0 Å². The van der Waals surface area contributed by atoms with Gasteiger partial charge in [0.1, 0.15) is 0 Å². The molecule has 0 aliphatic rings. The van der Waals surface area contributed by atoms with Gasteiger partial charge in [-0.15, -0.1) is 0 Å². The molecular formula is C20H28ClN2PSn. The van der Waals surface area contributed by atoms with Crippen LogP contribution in [-0.2, 0) is 0 Å². The first-order valence-corrected chi connectivity index (χ1v) is 15.1. The van der Waals surface area contributed by atoms with Crippen LogP contribution in [0.3, 0.4) is 0 Å². The molecule has 0 aliphatic heterocycles. The number of hydrogen-bond acceptors (Lipinski definition) is 1. The van der Waals surface area contributed by atoms with Gasteiger partial charge in [-0.2, -0.15) is 0 Å². The molecule has 0 saturated carbocycles. The number of hydrogen-bond donors (Lipinski definition) is 0. The SMILES string of the molecule is CC(C)(C)N=P(c1ccccc1)(c1ccccc1)[N]([Sn][Cl])C(C)(C)C. The molecule has 0 unspecified atom stereocenters. The standard InChI is InChI=1S/C20H28N2P.ClH.Sn/c1-19(2,3)21-23(22-20(4,5)6,17-13-9-7-10-14-17)18-15-11-8-12-16-18;;/h7-16H,1-6H3;1H;/q-1;;+2/p-1. The molecular weight excluding hydrogens is 453 g/mol. The summed E-state index contributed by atoms with van der Waals surface area (Å²) in [5, 5.41) is 2.57. The second-order valence-electron chi connectivity index (χ2n) is 8.11. The quantitative estimate of drug-likeness (QED) is 0.420. The summed E-state index contributed by atoms with van der Waals surface area (Å²) in [6.45, 7) is 13.3. The molecule has 2 rings (SSSR count). The molecule has 2 nitrogen and oxygen atoms in total. The van der Waals surface area contributed by atoms with E-state index in [2.05, 4.69) is 105 Å². The van der Waals surface area contributed by atoms with Gasteiger partial charge in [-0.1, -0.05) is 0 Å². The van der Waals surface area contributed by atoms with Gasteiger partial charge in [0.25, 0.3) is 0 Å². The Hall–Kier alpha value is -0.281. The molecule has 0 amide bonds. The summed E-state index contributed by atoms with van der Waals surface area (Å²) < 4.78 is 8.07. The van der Waals surface area contributed by atoms with Crippen LogP contribution >= 0.6 is 16.1 Å². The zero-order chi connectivity index (χ0) is 18.7. The number of rotatable bonds is 4. The Morgan fingerprint density at radius 1 is 0.800 bits per heavy atom. The van der Waals surface area contributed by atoms with Crippen LogP contribution in [0.1, 0.15) is 41.5 Å². The van der Waals surface area contributed by atoms with Gasteiger partial charge in [0.2, 0.25) is 0 Å². The van der Waals surface area contributed by atoms with Gasteiger partial charge in [0.05, 0.1) is 0 Å². The summed E-state index contributed by atoms with van der Waals surface area (Å²) in [4.78, 5) is 0. The van der Waals surface area contributed by atoms with Crippen molar-refractivity contribution in [3.8, 4) is 0 Å². The predicted octanol–water partition coefficient (Wildman–Crippen LogP) is 5.43. The molecule has 2 aromatic carbocycles. The molecule has 2 aromatic rings. The first-order chi connectivity index (χ1) is 11.6. The van der Waals surface area contributed by atoms with Crippen molar-refractivity contribution in [2.45, 2.75) is 52.6 Å². The van der Waals surface area contributed by atoms with Crippen molar-refractivity contribution in [3.05, 3.63) is 60.7 Å². The Labute approximate surface area is 167 Å². The van der Waals surface area contributed by atoms with E-state index in [-0.39, 0.29) is 11.1 Å². The molecule has 2 radical (unpaired) electrons. The Bertz CT molecular complexity index is 690. The van der Waals surface area contributed by atoms with E-state index in [0.29, 0.717) is 0 Å². The van der Waals surface area contributed by atoms with E-state index in [1.165, 1.54) is 10.6 Å². The monoisotopic (exact) mass is 482 g/mol. The Balaban J connectivity index is 2.97. The van der Waals surface area contributed by atoms with Crippen molar-refractivity contribution >= 4 is 47.0 Å². The van der Waals surface area contributed by atoms with Gasteiger partial charge in [-0.25, -0.2) is 0 Å². The minimum atomic E-state index is -2.15. The number of benzene rings is 2. The summed E-state index contributed by atoms with van der Waals surface area (Å²) in [7, 11) is 4.58. The van der Waals surface area contributed by atoms with Crippen LogP contribution in [0.15, 0.2) is 65.4 Å². The van der Waals surface area contributed by atoms with E-state index in [4.69, 9.17) is 13.7 Å². The van der Waals surface area contributed by atoms with Crippen molar-refractivity contribution in [3.63, 3.8) is 0 Å². The maximum atomic E-state index is 6.73. The van der Waals surface area contributed by atoms with E-state index >= 15 is 0 Å². The molecule has 0 atom stereocenters. The van der Waals surface area contributed by atoms with E-state index in [9.17, 15) is 0 Å². The molecule has 134 valence electrons. The molecule has 0 spiro atoms. The Morgan fingerprint density at radius 3 is 1.48 bits per heavy atom. The molecule has 0 heterocycles. The normalized spacial score (nSPS) is 13.1. The fourth-order valence-corrected chi connectivity index (χ4v) is 14.9. The molecule has 0 N–H and O–H groups in total. The van der Waals surface area contributed by atoms with Gasteiger partial charge >= 0.3 is 168 Å². The Kier molecular flexibility index (Phi) is 6.87. The van der Waals surface area contributed by atoms with Gasteiger partial charge in [-0.05, 0) is 0 Å². The van der Waals surface area contributed by atoms with Crippen molar-refractivity contribution in [1.29, 1.82) is 0 Å². The van der Waals surface area contributed by atoms with E-state index in [1.54, 1.807) is 0 Å². The topological polar surface area (TPSA) is 15.6 Å². The minimum absolute atomic E-state index is 0.0396. The first kappa shape index (κ1) is 21.0. The zero-order valence-electron chi connectivity index (χ0n) is 16.0. The number of nitrogens with zero attached hydrogens (tertiary/aromatic N) is 2. The molecule has 0 bridgehead atoms. The first-order valence-electron chi connectivity index (χ1n) is 8.53. The summed E-state index contributed by atoms with van der Waals surface area (Å²) >= 11 is -1.29. The van der Waals surface area contributed by atoms with Crippen molar-refractivity contribution < 1.29 is 0 Å². The summed E-state index contributed by atoms with van der Waals surface area (Å²) in [6.07, 6.45) is 0. The van der Waals surface area contributed by atoms with Crippen LogP contribution in [0.25, 0.3) is 0 Å². The molecule has 0 aliphatic carbocycles. The third-order valence-corrected chi connectivity index (χ3v) is 15.2. The van der Waals surface area contributed by atoms with Crippen LogP contribution < -0.4 is 10.6 Å². The summed E-state index contributed by atoms with van der Waals surface area (Å²) in [5.41, 5.74) is -0.198. The van der Waals surface area contributed by atoms with Crippen LogP contribution in [0.5, 0.6) is 0 Å². The Morgan fingerprint density at radius 2 is 1.20 bits per heavy atom. The fraction of sp³-hybridized carbons (Fsp3) is 0.400. The van der Waals surface area contributed by atoms with Crippen LogP contribution in [0.4, 0.5) is 0 Å². The van der Waals surface area contributed by atoms with Gasteiger partial charge in [0.15, 0.2) is 0 Å². The van der Waals surface area contributed by atoms with Crippen molar-refractivity contribution in [1.82, 2.24) is 2.89 Å². The maximum absolute atomic E-state index is 6.73. The average Bonchev–Trinajstić information content (AvgIpc) is 2.53. The van der Waals surface area contributed by atoms with Crippen molar-refractivity contribution in [2.75, 3.05) is 0 Å². The van der Waals surface area contributed by atoms with Crippen molar-refractivity contribution in [2.24, 2.45) is 4.74 Å². The van der Waals surface area contributed by atoms with E-state index in [0.717, 1.165) is 0 Å². The molecule has 0 fully saturated rings. The third kappa shape index (κ3) is 4.91. The number of halogens is 1. The summed E-state index contributed by atoms with van der Waals surface area (Å²) in [5.74, 6) is 0. The van der Waals surface area contributed by atoms with Crippen LogP contribution in [0.2, 0.25) is 0 Å². The third-order valence-electron chi connectivity index (χ3n) is 3.68. The predicted molar refractivity (Wildman–Crippen MR) is 114 cm³/mol. The van der Waals surface area contributed by atoms with Gasteiger partial charge in [-0.3, -0.25) is 0 Å². The molecule has 0 saturated heterocycles.